The largest absolute Gasteiger partial charge is 0.493 e. The van der Waals surface area contributed by atoms with Gasteiger partial charge in [-0.05, 0) is 92.3 Å². The number of fused-ring (bicyclic) bond motifs is 6. The molecule has 0 radical (unpaired) electrons. The van der Waals surface area contributed by atoms with Crippen LogP contribution < -0.4 is 9.47 Å². The Bertz CT molecular complexity index is 4030. The number of aryl methyl sites for hydroxylation is 1. The number of thioether (sulfide) groups is 1. The fraction of sp³-hybridized carbons (Fsp3) is 0.239. The smallest absolute Gasteiger partial charge is 0.295 e. The predicted molar refractivity (Wildman–Crippen MR) is 280 cm³/mol. The third-order valence-electron chi connectivity index (χ3n) is 10.9. The molecule has 3 aromatic heterocycles. The Morgan fingerprint density at radius 2 is 1.49 bits per heavy atom. The van der Waals surface area contributed by atoms with Crippen molar-refractivity contribution in [3.05, 3.63) is 94.5 Å². The van der Waals surface area contributed by atoms with Crippen LogP contribution in [0.4, 0.5) is 33.6 Å². The molecule has 0 aliphatic rings. The van der Waals surface area contributed by atoms with Crippen LogP contribution in [-0.4, -0.2) is 88.9 Å². The molecule has 4 N–H and O–H groups in total. The van der Waals surface area contributed by atoms with Gasteiger partial charge in [0.2, 0.25) is 11.0 Å². The van der Waals surface area contributed by atoms with Crippen LogP contribution in [0, 0.1) is 25.2 Å². The van der Waals surface area contributed by atoms with Crippen molar-refractivity contribution in [1.82, 2.24) is 14.4 Å². The van der Waals surface area contributed by atoms with Gasteiger partial charge in [0.1, 0.15) is 50.6 Å². The molecule has 0 unspecified atom stereocenters. The minimum absolute atomic E-state index is 0.0356. The number of thiazole rings is 1. The second-order valence-corrected chi connectivity index (χ2v) is 23.3. The van der Waals surface area contributed by atoms with E-state index in [4.69, 9.17) is 21.1 Å². The predicted octanol–water partition coefficient (Wildman–Crippen LogP) is 12.4. The lowest BCUT2D eigenvalue weighted by atomic mass is 10.1. The van der Waals surface area contributed by atoms with Crippen LogP contribution in [0.1, 0.15) is 42.9 Å². The van der Waals surface area contributed by atoms with E-state index in [0.717, 1.165) is 23.1 Å². The number of azo groups is 3. The Morgan fingerprint density at radius 1 is 0.784 bits per heavy atom. The van der Waals surface area contributed by atoms with E-state index in [0.29, 0.717) is 61.4 Å². The average Bonchev–Trinajstić information content (AvgIpc) is 3.95. The lowest BCUT2D eigenvalue weighted by Crippen LogP contribution is -2.08. The van der Waals surface area contributed by atoms with Crippen LogP contribution in [0.3, 0.4) is 0 Å². The van der Waals surface area contributed by atoms with Crippen LogP contribution in [-0.2, 0) is 30.4 Å². The molecule has 8 rings (SSSR count). The highest BCUT2D eigenvalue weighted by Crippen LogP contribution is 2.46. The molecule has 0 aliphatic heterocycles. The first-order chi connectivity index (χ1) is 35.1. The van der Waals surface area contributed by atoms with Gasteiger partial charge in [-0.1, -0.05) is 54.1 Å². The summed E-state index contributed by atoms with van der Waals surface area (Å²) in [6.45, 7) is 5.32. The number of halogens is 1. The van der Waals surface area contributed by atoms with Gasteiger partial charge in [0.15, 0.2) is 11.3 Å². The number of hydrogen-bond acceptors (Lipinski definition) is 20. The Hall–Kier alpha value is -6.74. The maximum absolute atomic E-state index is 12.5. The highest BCUT2D eigenvalue weighted by atomic mass is 35.5. The Labute approximate surface area is 435 Å². The summed E-state index contributed by atoms with van der Waals surface area (Å²) in [5.74, 6) is -0.864. The minimum Gasteiger partial charge on any atom is -0.493 e. The van der Waals surface area contributed by atoms with E-state index < -0.39 is 41.9 Å². The van der Waals surface area contributed by atoms with Crippen molar-refractivity contribution < 1.29 is 53.5 Å². The van der Waals surface area contributed by atoms with Crippen LogP contribution in [0.5, 0.6) is 17.4 Å². The summed E-state index contributed by atoms with van der Waals surface area (Å²) in [5, 5.41) is 48.9. The highest BCUT2D eigenvalue weighted by molar-refractivity contribution is 7.99. The molecular formula is C46H41ClN10O12S5. The summed E-state index contributed by atoms with van der Waals surface area (Å²) in [6.07, 6.45) is 0.600. The number of benzene rings is 5. The molecule has 28 heteroatoms. The lowest BCUT2D eigenvalue weighted by molar-refractivity contribution is 0.317. The van der Waals surface area contributed by atoms with Gasteiger partial charge in [0.05, 0.1) is 51.2 Å². The second kappa shape index (κ2) is 22.0. The van der Waals surface area contributed by atoms with Crippen molar-refractivity contribution in [3.8, 4) is 23.4 Å². The molecule has 0 saturated carbocycles. The molecular weight excluding hydrogens is 1080 g/mol. The van der Waals surface area contributed by atoms with Crippen molar-refractivity contribution >= 4 is 136 Å². The molecule has 22 nitrogen and oxygen atoms in total. The van der Waals surface area contributed by atoms with E-state index in [1.165, 1.54) is 34.7 Å². The molecule has 74 heavy (non-hydrogen) atoms. The Balaban J connectivity index is 1.16. The van der Waals surface area contributed by atoms with Gasteiger partial charge >= 0.3 is 0 Å². The van der Waals surface area contributed by atoms with Gasteiger partial charge in [-0.2, -0.15) is 35.6 Å². The number of para-hydroxylation sites is 2. The Morgan fingerprint density at radius 3 is 2.22 bits per heavy atom. The summed E-state index contributed by atoms with van der Waals surface area (Å²) in [6, 6.07) is 21.2. The van der Waals surface area contributed by atoms with Crippen molar-refractivity contribution in [2.45, 2.75) is 49.8 Å². The first kappa shape index (κ1) is 53.5. The minimum atomic E-state index is -4.65. The van der Waals surface area contributed by atoms with Gasteiger partial charge in [-0.15, -0.1) is 37.3 Å². The van der Waals surface area contributed by atoms with Gasteiger partial charge in [-0.3, -0.25) is 18.1 Å². The summed E-state index contributed by atoms with van der Waals surface area (Å²) in [4.78, 5) is 9.20. The number of imidazole rings is 1. The molecule has 0 aliphatic carbocycles. The van der Waals surface area contributed by atoms with E-state index in [2.05, 4.69) is 46.7 Å². The summed E-state index contributed by atoms with van der Waals surface area (Å²) in [7, 11) is -13.2. The van der Waals surface area contributed by atoms with E-state index >= 15 is 0 Å². The van der Waals surface area contributed by atoms with E-state index in [-0.39, 0.29) is 96.9 Å². The molecule has 0 saturated heterocycles. The van der Waals surface area contributed by atoms with Crippen molar-refractivity contribution in [2.24, 2.45) is 30.7 Å². The van der Waals surface area contributed by atoms with Gasteiger partial charge in [0.25, 0.3) is 30.4 Å². The van der Waals surface area contributed by atoms with Gasteiger partial charge < -0.3 is 14.6 Å². The van der Waals surface area contributed by atoms with Crippen LogP contribution in [0.25, 0.3) is 37.7 Å². The van der Waals surface area contributed by atoms with Crippen LogP contribution in [0.2, 0.25) is 5.02 Å². The van der Waals surface area contributed by atoms with Crippen molar-refractivity contribution in [1.29, 1.82) is 5.26 Å². The zero-order chi connectivity index (χ0) is 53.1. The first-order valence-electron chi connectivity index (χ1n) is 22.0. The molecule has 384 valence electrons. The quantitative estimate of drug-likeness (QED) is 0.0238. The number of rotatable bonds is 20. The maximum Gasteiger partial charge on any atom is 0.295 e. The number of aromatic hydroxyl groups is 1. The number of hydrogen-bond donors (Lipinski definition) is 4. The van der Waals surface area contributed by atoms with Crippen molar-refractivity contribution in [3.63, 3.8) is 0 Å². The van der Waals surface area contributed by atoms with Crippen molar-refractivity contribution in [2.75, 3.05) is 30.5 Å². The topological polar surface area (TPSA) is 330 Å². The summed E-state index contributed by atoms with van der Waals surface area (Å²) in [5.41, 5.74) is 3.14. The number of aromatic nitrogens is 3. The third kappa shape index (κ3) is 12.1. The fourth-order valence-electron chi connectivity index (χ4n) is 7.49. The summed E-state index contributed by atoms with van der Waals surface area (Å²) < 4.78 is 114. The molecule has 0 atom stereocenters. The number of pyridine rings is 1. The molecule has 8 aromatic rings. The summed E-state index contributed by atoms with van der Waals surface area (Å²) >= 11 is 8.95. The normalized spacial score (nSPS) is 12.7. The maximum atomic E-state index is 12.5. The van der Waals surface area contributed by atoms with E-state index in [1.807, 2.05) is 6.92 Å². The molecule has 0 amide bonds. The lowest BCUT2D eigenvalue weighted by Gasteiger charge is -2.12. The molecule has 0 fully saturated rings. The van der Waals surface area contributed by atoms with Crippen LogP contribution >= 0.6 is 34.7 Å². The molecule has 3 heterocycles. The monoisotopic (exact) mass is 1120 g/mol. The SMILES string of the molecule is CCCOc1cc2cccc(S(=O)(=O)O)c2c2sc(N=Nc3cc(SCCCS(=O)(=O)O)c(N=Nc4cc(OCCCS(=O)(=O)O)c(N=Nc5c(C)c(C#N)c6nc7ccccc7n6c5O)cc4C)cc3Cl)nc12. The van der Waals surface area contributed by atoms with Gasteiger partial charge in [-0.25, -0.2) is 9.97 Å². The van der Waals surface area contributed by atoms with E-state index in [9.17, 15) is 49.3 Å². The Kier molecular flexibility index (Phi) is 15.9. The number of nitriles is 1. The zero-order valence-electron chi connectivity index (χ0n) is 39.0. The second-order valence-electron chi connectivity index (χ2n) is 16.2. The average molecular weight is 1120 g/mol. The van der Waals surface area contributed by atoms with E-state index in [1.54, 1.807) is 56.3 Å². The first-order valence-corrected chi connectivity index (χ1v) is 28.9. The number of ether oxygens (including phenoxy) is 2. The molecule has 5 aromatic carbocycles. The molecule has 0 spiro atoms. The number of nitrogens with zero attached hydrogens (tertiary/aromatic N) is 10. The zero-order valence-corrected chi connectivity index (χ0v) is 43.9. The fourth-order valence-corrected chi connectivity index (χ4v) is 11.6. The highest BCUT2D eigenvalue weighted by Gasteiger charge is 2.23. The van der Waals surface area contributed by atoms with Crippen LogP contribution in [0.15, 0.2) is 113 Å². The standard InChI is InChI=1S/C46H41ClN10O12S5/c1-4-14-68-37-20-27-10-7-13-39(74(65,66)67)40(27)43-42(37)50-46(71-43)56-52-32-23-38(70-16-9-18-73(62,63)64)34(21-29(32)47)54-51-31-22-36(69-15-8-17-72(59,60)61)33(19-25(31)2)53-55-41-26(3)28(24-48)44-49-30-11-5-6-12-35(30)57(44)45(41)58/h5-7,10-13,19-23,58H,4,8-9,14-18H2,1-3H3,(H,59,60,61)(H,62,63,64)(H,65,66,67). The van der Waals surface area contributed by atoms with Gasteiger partial charge in [0, 0.05) is 21.9 Å². The third-order valence-corrected chi connectivity index (χ3v) is 15.8. The molecule has 0 bridgehead atoms.